The fourth-order valence-corrected chi connectivity index (χ4v) is 26.4. The van der Waals surface area contributed by atoms with Crippen molar-refractivity contribution >= 4 is 248 Å². The monoisotopic (exact) mass is 1830 g/mol. The molecule has 654 valence electrons. The normalized spacial score (nSPS) is 12.3. The lowest BCUT2D eigenvalue weighted by molar-refractivity contribution is 0.669. The Morgan fingerprint density at radius 1 is 0.142 bits per heavy atom. The Morgan fingerprint density at radius 3 is 0.830 bits per heavy atom. The molecule has 141 heavy (non-hydrogen) atoms. The van der Waals surface area contributed by atoms with E-state index in [0.29, 0.717) is 0 Å². The van der Waals surface area contributed by atoms with E-state index in [0.717, 1.165) is 27.6 Å². The van der Waals surface area contributed by atoms with Gasteiger partial charge in [-0.2, -0.15) is 0 Å². The summed E-state index contributed by atoms with van der Waals surface area (Å²) in [7, 11) is 0. The van der Waals surface area contributed by atoms with Gasteiger partial charge in [-0.1, -0.05) is 273 Å². The van der Waals surface area contributed by atoms with E-state index in [4.69, 9.17) is 4.42 Å². The lowest BCUT2D eigenvalue weighted by Crippen LogP contribution is -1.93. The third-order valence-corrected chi connectivity index (χ3v) is 32.5. The molecule has 7 nitrogen and oxygen atoms in total. The minimum absolute atomic E-state index is 0.911. The van der Waals surface area contributed by atoms with Crippen LogP contribution in [0.1, 0.15) is 0 Å². The summed E-state index contributed by atoms with van der Waals surface area (Å²) in [5.74, 6) is 0. The van der Waals surface area contributed by atoms with Gasteiger partial charge in [-0.15, -0.1) is 22.7 Å². The Balaban J connectivity index is 0.0000000972. The molecule has 33 rings (SSSR count). The van der Waals surface area contributed by atoms with Gasteiger partial charge in [0.2, 0.25) is 0 Å². The van der Waals surface area contributed by atoms with Crippen LogP contribution in [-0.2, 0) is 0 Å². The van der Waals surface area contributed by atoms with Crippen LogP contribution in [0.25, 0.3) is 293 Å². The van der Waals surface area contributed by atoms with E-state index in [-0.39, 0.29) is 0 Å². The molecule has 0 aliphatic carbocycles. The number of nitrogens with zero attached hydrogens (tertiary/aromatic N) is 6. The first-order valence-electron chi connectivity index (χ1n) is 48.3. The maximum absolute atomic E-state index is 6.18. The third kappa shape index (κ3) is 11.5. The Bertz CT molecular complexity index is 10600. The summed E-state index contributed by atoms with van der Waals surface area (Å²) in [6, 6.07) is 173. The van der Waals surface area contributed by atoms with Gasteiger partial charge in [0.15, 0.2) is 0 Å². The van der Waals surface area contributed by atoms with Crippen molar-refractivity contribution in [2.24, 2.45) is 0 Å². The van der Waals surface area contributed by atoms with Crippen LogP contribution in [0, 0.1) is 0 Å². The Morgan fingerprint density at radius 2 is 0.426 bits per heavy atom. The number of hydrogen-bond acceptors (Lipinski definition) is 3. The van der Waals surface area contributed by atoms with Crippen molar-refractivity contribution in [1.82, 2.24) is 27.4 Å². The van der Waals surface area contributed by atoms with Gasteiger partial charge in [-0.3, -0.25) is 0 Å². The zero-order valence-electron chi connectivity index (χ0n) is 75.9. The Kier molecular flexibility index (Phi) is 16.7. The molecule has 0 radical (unpaired) electrons. The van der Waals surface area contributed by atoms with Gasteiger partial charge in [0.25, 0.3) is 0 Å². The summed E-state index contributed by atoms with van der Waals surface area (Å²) >= 11 is 3.74. The molecule has 0 saturated heterocycles. The summed E-state index contributed by atoms with van der Waals surface area (Å²) in [5, 5.41) is 30.8. The standard InChI is InChI=1S/C44H26N2O.2C44H26N2S/c1-2-10-29(11-3-1)45-37-14-6-4-12-32(37)35-25-28(18-22-38(35)45)31-21-23-40-44-34(31)20-17-27-9-8-15-39(43(27)44)46(40)30-19-24-42-36(26-30)33-13-5-7-16-41(33)47-42;1-2-10-29(11-3-1)45-39-15-8-9-27-17-20-34-31(21-23-40(45)44(34)43(27)39)28-18-22-38-35(25-28)32-12-4-6-14-37(32)46(38)30-19-24-42-36(26-30)33-13-5-7-16-41(33)47-42;1-2-10-29(11-3-1)45-37-14-6-4-12-32(37)35-25-28(18-22-38(35)45)31-21-23-40-44-34(31)20-17-27-9-8-15-39(43(27)44)46(40)30-19-24-42-36(26-30)33-13-5-7-16-41(33)47-42/h3*1-26H. The summed E-state index contributed by atoms with van der Waals surface area (Å²) in [4.78, 5) is 0. The Hall–Kier alpha value is -18.1. The highest BCUT2D eigenvalue weighted by atomic mass is 32.1. The lowest BCUT2D eigenvalue weighted by atomic mass is 9.94. The first-order chi connectivity index (χ1) is 69.9. The van der Waals surface area contributed by atoms with Crippen LogP contribution < -0.4 is 0 Å². The highest BCUT2D eigenvalue weighted by molar-refractivity contribution is 7.26. The van der Waals surface area contributed by atoms with Gasteiger partial charge >= 0.3 is 0 Å². The van der Waals surface area contributed by atoms with Gasteiger partial charge in [0.1, 0.15) is 11.2 Å². The topological polar surface area (TPSA) is 42.7 Å². The molecule has 0 unspecified atom stereocenters. The van der Waals surface area contributed by atoms with Crippen molar-refractivity contribution in [3.8, 4) is 67.5 Å². The smallest absolute Gasteiger partial charge is 0.135 e. The fourth-order valence-electron chi connectivity index (χ4n) is 24.2. The number of para-hydroxylation sites is 7. The molecule has 0 aliphatic heterocycles. The maximum atomic E-state index is 6.18. The fraction of sp³-hybridized carbons (Fsp3) is 0. The average Bonchev–Trinajstić information content (AvgIpc) is 1.56. The van der Waals surface area contributed by atoms with Crippen LogP contribution in [0.15, 0.2) is 478 Å². The minimum atomic E-state index is 0.911. The summed E-state index contributed by atoms with van der Waals surface area (Å²) < 4.78 is 26.0. The highest BCUT2D eigenvalue weighted by Crippen LogP contribution is 2.51. The lowest BCUT2D eigenvalue weighted by Gasteiger charge is -2.11. The molecule has 33 aromatic rings. The van der Waals surface area contributed by atoms with Crippen molar-refractivity contribution in [2.75, 3.05) is 0 Å². The molecule has 0 N–H and O–H groups in total. The van der Waals surface area contributed by atoms with E-state index in [9.17, 15) is 0 Å². The second kappa shape index (κ2) is 30.2. The highest BCUT2D eigenvalue weighted by Gasteiger charge is 2.27. The molecule has 0 bridgehead atoms. The molecule has 9 heteroatoms. The number of hydrogen-bond donors (Lipinski definition) is 0. The van der Waals surface area contributed by atoms with E-state index >= 15 is 0 Å². The molecule has 0 amide bonds. The van der Waals surface area contributed by atoms with Crippen molar-refractivity contribution in [3.63, 3.8) is 0 Å². The zero-order valence-corrected chi connectivity index (χ0v) is 77.6. The van der Waals surface area contributed by atoms with Gasteiger partial charge < -0.3 is 31.8 Å². The quantitative estimate of drug-likeness (QED) is 0.133. The van der Waals surface area contributed by atoms with E-state index in [1.165, 1.54) is 265 Å². The van der Waals surface area contributed by atoms with Crippen LogP contribution in [0.5, 0.6) is 0 Å². The molecule has 9 heterocycles. The molecular formula is C132H78N6OS2. The second-order valence-electron chi connectivity index (χ2n) is 37.6. The maximum Gasteiger partial charge on any atom is 0.135 e. The first kappa shape index (κ1) is 78.1. The second-order valence-corrected chi connectivity index (χ2v) is 39.8. The summed E-state index contributed by atoms with van der Waals surface area (Å²) in [6.07, 6.45) is 0. The minimum Gasteiger partial charge on any atom is -0.456 e. The van der Waals surface area contributed by atoms with Crippen LogP contribution >= 0.6 is 22.7 Å². The van der Waals surface area contributed by atoms with Gasteiger partial charge in [-0.25, -0.2) is 0 Å². The van der Waals surface area contributed by atoms with E-state index in [1.807, 2.05) is 34.8 Å². The van der Waals surface area contributed by atoms with Crippen molar-refractivity contribution < 1.29 is 4.42 Å². The molecule has 0 saturated carbocycles. The van der Waals surface area contributed by atoms with Crippen LogP contribution in [0.4, 0.5) is 0 Å². The van der Waals surface area contributed by atoms with Gasteiger partial charge in [0.05, 0.1) is 66.2 Å². The van der Waals surface area contributed by atoms with Crippen molar-refractivity contribution in [2.45, 2.75) is 0 Å². The van der Waals surface area contributed by atoms with E-state index < -0.39 is 0 Å². The number of fused-ring (bicyclic) bond motifs is 18. The molecule has 0 spiro atoms. The predicted molar refractivity (Wildman–Crippen MR) is 601 cm³/mol. The number of rotatable bonds is 9. The summed E-state index contributed by atoms with van der Waals surface area (Å²) in [6.45, 7) is 0. The van der Waals surface area contributed by atoms with E-state index in [1.54, 1.807) is 0 Å². The zero-order chi connectivity index (χ0) is 91.9. The van der Waals surface area contributed by atoms with Gasteiger partial charge in [0, 0.05) is 150 Å². The molecule has 9 aromatic heterocycles. The third-order valence-electron chi connectivity index (χ3n) is 30.2. The first-order valence-corrected chi connectivity index (χ1v) is 50.0. The van der Waals surface area contributed by atoms with Gasteiger partial charge in [-0.05, 0) is 266 Å². The number of benzene rings is 24. The molecular weight excluding hydrogens is 1750 g/mol. The molecule has 0 fully saturated rings. The number of furan rings is 1. The predicted octanol–water partition coefficient (Wildman–Crippen LogP) is 37.1. The summed E-state index contributed by atoms with van der Waals surface area (Å²) in [5.41, 5.74) is 31.1. The van der Waals surface area contributed by atoms with Crippen molar-refractivity contribution in [1.29, 1.82) is 0 Å². The number of thiophene rings is 2. The van der Waals surface area contributed by atoms with Crippen LogP contribution in [0.3, 0.4) is 0 Å². The largest absolute Gasteiger partial charge is 0.456 e. The Labute approximate surface area is 814 Å². The molecule has 0 aliphatic rings. The average molecular weight is 1830 g/mol. The van der Waals surface area contributed by atoms with Crippen LogP contribution in [-0.4, -0.2) is 27.4 Å². The molecule has 0 atom stereocenters. The number of aromatic nitrogens is 6. The van der Waals surface area contributed by atoms with Crippen LogP contribution in [0.2, 0.25) is 0 Å². The SMILES string of the molecule is c1ccc(-n2c3cccc4ccc5c(-c6ccc7c(c6)c6ccccc6n7-c6ccc7sc8ccccc8c7c6)ccc2c5c43)cc1.c1ccc(-n2c3ccccc3c3cc(-c4ccc5c6c4ccc4cccc(c46)n5-c4ccc5oc6ccccc6c5c4)ccc32)cc1.c1ccc(-n2c3ccccc3c3cc(-c4ccc5c6c4ccc4cccc(c46)n5-c4ccc5sc6ccccc6c5c4)ccc32)cc1. The molecule has 24 aromatic carbocycles. The van der Waals surface area contributed by atoms with E-state index in [2.05, 4.69) is 488 Å². The van der Waals surface area contributed by atoms with Crippen molar-refractivity contribution in [3.05, 3.63) is 473 Å².